The maximum atomic E-state index is 5.51. The molecule has 0 aliphatic carbocycles. The zero-order valence-corrected chi connectivity index (χ0v) is 10.3. The molecule has 0 aromatic carbocycles. The van der Waals surface area contributed by atoms with Crippen LogP contribution in [-0.2, 0) is 4.74 Å². The van der Waals surface area contributed by atoms with E-state index in [1.807, 2.05) is 19.2 Å². The molecule has 17 heavy (non-hydrogen) atoms. The quantitative estimate of drug-likeness (QED) is 0.827. The van der Waals surface area contributed by atoms with E-state index in [4.69, 9.17) is 9.47 Å². The molecule has 2 heterocycles. The maximum absolute atomic E-state index is 5.51. The van der Waals surface area contributed by atoms with E-state index < -0.39 is 0 Å². The van der Waals surface area contributed by atoms with Gasteiger partial charge in [-0.1, -0.05) is 0 Å². The van der Waals surface area contributed by atoms with Gasteiger partial charge in [0.05, 0.1) is 26.4 Å². The molecule has 1 saturated heterocycles. The van der Waals surface area contributed by atoms with Crippen molar-refractivity contribution in [2.75, 3.05) is 45.4 Å². The molecule has 5 heteroatoms. The highest BCUT2D eigenvalue weighted by molar-refractivity contribution is 5.49. The van der Waals surface area contributed by atoms with Crippen LogP contribution in [0.2, 0.25) is 0 Å². The van der Waals surface area contributed by atoms with Crippen molar-refractivity contribution in [1.82, 2.24) is 10.3 Å². The molecule has 94 valence electrons. The average Bonchev–Trinajstić information content (AvgIpc) is 2.40. The fraction of sp³-hybridized carbons (Fsp3) is 0.583. The van der Waals surface area contributed by atoms with Crippen molar-refractivity contribution in [2.45, 2.75) is 6.04 Å². The summed E-state index contributed by atoms with van der Waals surface area (Å²) in [6.07, 6.45) is 1.78. The van der Waals surface area contributed by atoms with E-state index >= 15 is 0 Å². The summed E-state index contributed by atoms with van der Waals surface area (Å²) in [7, 11) is 3.59. The number of ether oxygens (including phenoxy) is 2. The van der Waals surface area contributed by atoms with Crippen molar-refractivity contribution in [3.8, 4) is 5.88 Å². The molecule has 1 aliphatic heterocycles. The van der Waals surface area contributed by atoms with Crippen LogP contribution in [-0.4, -0.2) is 51.5 Å². The molecule has 0 radical (unpaired) electrons. The molecule has 1 atom stereocenters. The second-order valence-corrected chi connectivity index (χ2v) is 4.04. The van der Waals surface area contributed by atoms with Crippen molar-refractivity contribution < 1.29 is 9.47 Å². The standard InChI is InChI=1S/C12H19N3O2/c1-13-8-11-9-17-6-5-15(11)10-3-4-14-12(7-10)16-2/h3-4,7,11,13H,5-6,8-9H2,1-2H3. The number of hydrogen-bond acceptors (Lipinski definition) is 5. The molecule has 5 nitrogen and oxygen atoms in total. The molecular weight excluding hydrogens is 218 g/mol. The normalized spacial score (nSPS) is 20.4. The Kier molecular flexibility index (Phi) is 4.17. The Bertz CT molecular complexity index is 357. The van der Waals surface area contributed by atoms with Crippen LogP contribution in [0.1, 0.15) is 0 Å². The summed E-state index contributed by atoms with van der Waals surface area (Å²) < 4.78 is 10.7. The van der Waals surface area contributed by atoms with Gasteiger partial charge >= 0.3 is 0 Å². The summed E-state index contributed by atoms with van der Waals surface area (Å²) in [6, 6.07) is 4.34. The lowest BCUT2D eigenvalue weighted by atomic mass is 10.2. The summed E-state index contributed by atoms with van der Waals surface area (Å²) in [5.74, 6) is 0.650. The molecule has 1 aromatic heterocycles. The van der Waals surface area contributed by atoms with Gasteiger partial charge in [0, 0.05) is 31.0 Å². The van der Waals surface area contributed by atoms with Crippen LogP contribution in [0.15, 0.2) is 18.3 Å². The molecule has 0 saturated carbocycles. The van der Waals surface area contributed by atoms with Gasteiger partial charge in [0.15, 0.2) is 0 Å². The Morgan fingerprint density at radius 1 is 1.65 bits per heavy atom. The van der Waals surface area contributed by atoms with E-state index in [0.29, 0.717) is 11.9 Å². The third kappa shape index (κ3) is 2.87. The number of aromatic nitrogens is 1. The monoisotopic (exact) mass is 237 g/mol. The van der Waals surface area contributed by atoms with Gasteiger partial charge in [-0.2, -0.15) is 0 Å². The van der Waals surface area contributed by atoms with E-state index in [2.05, 4.69) is 15.2 Å². The van der Waals surface area contributed by atoms with Crippen molar-refractivity contribution in [1.29, 1.82) is 0 Å². The Balaban J connectivity index is 2.16. The largest absolute Gasteiger partial charge is 0.481 e. The second-order valence-electron chi connectivity index (χ2n) is 4.04. The Morgan fingerprint density at radius 2 is 2.53 bits per heavy atom. The SMILES string of the molecule is CNCC1COCCN1c1ccnc(OC)c1. The van der Waals surface area contributed by atoms with Crippen LogP contribution in [0.3, 0.4) is 0 Å². The van der Waals surface area contributed by atoms with Gasteiger partial charge in [-0.05, 0) is 13.1 Å². The van der Waals surface area contributed by atoms with E-state index in [1.165, 1.54) is 0 Å². The molecule has 1 aromatic rings. The van der Waals surface area contributed by atoms with Crippen molar-refractivity contribution in [3.05, 3.63) is 18.3 Å². The van der Waals surface area contributed by atoms with Gasteiger partial charge in [0.2, 0.25) is 5.88 Å². The summed E-state index contributed by atoms with van der Waals surface area (Å²) in [6.45, 7) is 3.33. The van der Waals surface area contributed by atoms with Gasteiger partial charge < -0.3 is 19.7 Å². The zero-order valence-electron chi connectivity index (χ0n) is 10.3. The van der Waals surface area contributed by atoms with Crippen LogP contribution in [0.25, 0.3) is 0 Å². The first-order valence-electron chi connectivity index (χ1n) is 5.84. The number of morpholine rings is 1. The molecule has 1 fully saturated rings. The third-order valence-electron chi connectivity index (χ3n) is 2.93. The highest BCUT2D eigenvalue weighted by Crippen LogP contribution is 2.22. The molecular formula is C12H19N3O2. The Labute approximate surface area is 102 Å². The van der Waals surface area contributed by atoms with Crippen LogP contribution >= 0.6 is 0 Å². The van der Waals surface area contributed by atoms with Crippen molar-refractivity contribution in [2.24, 2.45) is 0 Å². The first-order valence-corrected chi connectivity index (χ1v) is 5.84. The minimum atomic E-state index is 0.362. The van der Waals surface area contributed by atoms with E-state index in [9.17, 15) is 0 Å². The summed E-state index contributed by atoms with van der Waals surface area (Å²) in [5, 5.41) is 3.20. The van der Waals surface area contributed by atoms with E-state index in [0.717, 1.165) is 32.0 Å². The van der Waals surface area contributed by atoms with Crippen molar-refractivity contribution in [3.63, 3.8) is 0 Å². The number of likely N-dealkylation sites (N-methyl/N-ethyl adjacent to an activating group) is 1. The van der Waals surface area contributed by atoms with Crippen LogP contribution in [0.5, 0.6) is 5.88 Å². The summed E-state index contributed by atoms with van der Waals surface area (Å²) in [4.78, 5) is 6.47. The predicted octanol–water partition coefficient (Wildman–Crippen LogP) is 0.515. The van der Waals surface area contributed by atoms with Gasteiger partial charge in [-0.15, -0.1) is 0 Å². The molecule has 2 rings (SSSR count). The molecule has 0 amide bonds. The molecule has 1 N–H and O–H groups in total. The summed E-state index contributed by atoms with van der Waals surface area (Å²) >= 11 is 0. The lowest BCUT2D eigenvalue weighted by Gasteiger charge is -2.37. The van der Waals surface area contributed by atoms with Gasteiger partial charge in [0.25, 0.3) is 0 Å². The number of nitrogens with zero attached hydrogens (tertiary/aromatic N) is 2. The zero-order chi connectivity index (χ0) is 12.1. The highest BCUT2D eigenvalue weighted by Gasteiger charge is 2.22. The number of anilines is 1. The van der Waals surface area contributed by atoms with Gasteiger partial charge in [0.1, 0.15) is 0 Å². The third-order valence-corrected chi connectivity index (χ3v) is 2.93. The number of hydrogen-bond donors (Lipinski definition) is 1. The Morgan fingerprint density at radius 3 is 3.29 bits per heavy atom. The first kappa shape index (κ1) is 12.1. The Hall–Kier alpha value is -1.33. The molecule has 0 spiro atoms. The minimum absolute atomic E-state index is 0.362. The minimum Gasteiger partial charge on any atom is -0.481 e. The lowest BCUT2D eigenvalue weighted by molar-refractivity contribution is 0.0943. The summed E-state index contributed by atoms with van der Waals surface area (Å²) in [5.41, 5.74) is 1.14. The number of pyridine rings is 1. The molecule has 1 aliphatic rings. The predicted molar refractivity (Wildman–Crippen MR) is 66.7 cm³/mol. The number of methoxy groups -OCH3 is 1. The highest BCUT2D eigenvalue weighted by atomic mass is 16.5. The van der Waals surface area contributed by atoms with Crippen LogP contribution < -0.4 is 15.0 Å². The fourth-order valence-electron chi connectivity index (χ4n) is 2.09. The topological polar surface area (TPSA) is 46.6 Å². The number of rotatable bonds is 4. The fourth-order valence-corrected chi connectivity index (χ4v) is 2.09. The molecule has 1 unspecified atom stereocenters. The van der Waals surface area contributed by atoms with Gasteiger partial charge in [-0.25, -0.2) is 4.98 Å². The smallest absolute Gasteiger partial charge is 0.214 e. The van der Waals surface area contributed by atoms with E-state index in [-0.39, 0.29) is 0 Å². The first-order chi connectivity index (χ1) is 8.35. The maximum Gasteiger partial charge on any atom is 0.214 e. The van der Waals surface area contributed by atoms with Crippen molar-refractivity contribution >= 4 is 5.69 Å². The second kappa shape index (κ2) is 5.84. The average molecular weight is 237 g/mol. The van der Waals surface area contributed by atoms with E-state index in [1.54, 1.807) is 13.3 Å². The van der Waals surface area contributed by atoms with Crippen LogP contribution in [0, 0.1) is 0 Å². The lowest BCUT2D eigenvalue weighted by Crippen LogP contribution is -2.50. The number of nitrogens with one attached hydrogen (secondary N) is 1. The molecule has 0 bridgehead atoms. The van der Waals surface area contributed by atoms with Gasteiger partial charge in [-0.3, -0.25) is 0 Å². The van der Waals surface area contributed by atoms with Crippen LogP contribution in [0.4, 0.5) is 5.69 Å².